The lowest BCUT2D eigenvalue weighted by Gasteiger charge is -1.89. The number of fused-ring (bicyclic) bond motifs is 1. The molecule has 0 aliphatic carbocycles. The maximum absolute atomic E-state index is 10.7. The number of non-ortho nitro benzene ring substituents is 1. The summed E-state index contributed by atoms with van der Waals surface area (Å²) in [6.07, 6.45) is 0. The first kappa shape index (κ1) is 9.90. The molecule has 1 aromatic heterocycles. The van der Waals surface area contributed by atoms with E-state index in [0.29, 0.717) is 5.52 Å². The van der Waals surface area contributed by atoms with Crippen LogP contribution in [0.1, 0.15) is 0 Å². The van der Waals surface area contributed by atoms with Crippen molar-refractivity contribution in [2.45, 2.75) is 0 Å². The van der Waals surface area contributed by atoms with Gasteiger partial charge in [0, 0.05) is 6.07 Å². The van der Waals surface area contributed by atoms with E-state index in [0.717, 1.165) is 0 Å². The Morgan fingerprint density at radius 1 is 1.50 bits per heavy atom. The van der Waals surface area contributed by atoms with Crippen molar-refractivity contribution in [3.63, 3.8) is 0 Å². The van der Waals surface area contributed by atoms with E-state index in [9.17, 15) is 10.1 Å². The molecule has 1 heterocycles. The van der Waals surface area contributed by atoms with E-state index >= 15 is 0 Å². The van der Waals surface area contributed by atoms with E-state index in [1.54, 1.807) is 6.07 Å². The first-order valence-electron chi connectivity index (χ1n) is 4.21. The summed E-state index contributed by atoms with van der Waals surface area (Å²) in [4.78, 5) is 17.6. The maximum Gasteiger partial charge on any atom is 0.326 e. The van der Waals surface area contributed by atoms with Gasteiger partial charge in [0.05, 0.1) is 4.92 Å². The third-order valence-corrected chi connectivity index (χ3v) is 1.80. The van der Waals surface area contributed by atoms with Crippen molar-refractivity contribution in [3.8, 4) is 0 Å². The Morgan fingerprint density at radius 2 is 2.25 bits per heavy atom. The van der Waals surface area contributed by atoms with Gasteiger partial charge in [-0.25, -0.2) is 0 Å². The van der Waals surface area contributed by atoms with Crippen LogP contribution in [0.25, 0.3) is 11.1 Å². The van der Waals surface area contributed by atoms with Gasteiger partial charge in [-0.3, -0.25) is 10.1 Å². The minimum atomic E-state index is -0.563. The molecule has 8 nitrogen and oxygen atoms in total. The molecular weight excluding hydrogens is 214 g/mol. The number of aromatic nitrogens is 1. The highest BCUT2D eigenvalue weighted by molar-refractivity contribution is 5.84. The van der Waals surface area contributed by atoms with Gasteiger partial charge in [-0.2, -0.15) is 9.98 Å². The zero-order valence-corrected chi connectivity index (χ0v) is 7.95. The van der Waals surface area contributed by atoms with Gasteiger partial charge in [0.1, 0.15) is 5.52 Å². The van der Waals surface area contributed by atoms with E-state index in [2.05, 4.69) is 9.98 Å². The highest BCUT2D eigenvalue weighted by Gasteiger charge is 2.17. The molecule has 0 spiro atoms. The fraction of sp³-hybridized carbons (Fsp3) is 0. The third-order valence-electron chi connectivity index (χ3n) is 1.80. The normalized spacial score (nSPS) is 10.2. The standard InChI is InChI=1S/C8H7N5O3/c9-7(10)12-8-11-4-2-1-3-5(13(14)15)6(4)16-8/h1-3H,(H4,9,10,11,12). The molecule has 16 heavy (non-hydrogen) atoms. The summed E-state index contributed by atoms with van der Waals surface area (Å²) in [6.45, 7) is 0. The highest BCUT2D eigenvalue weighted by atomic mass is 16.6. The lowest BCUT2D eigenvalue weighted by atomic mass is 10.3. The van der Waals surface area contributed by atoms with Gasteiger partial charge in [0.25, 0.3) is 0 Å². The number of nitro groups is 1. The van der Waals surface area contributed by atoms with Crippen molar-refractivity contribution in [3.05, 3.63) is 28.3 Å². The van der Waals surface area contributed by atoms with Crippen molar-refractivity contribution < 1.29 is 9.34 Å². The Kier molecular flexibility index (Phi) is 2.16. The summed E-state index contributed by atoms with van der Waals surface area (Å²) in [5, 5.41) is 10.7. The van der Waals surface area contributed by atoms with Gasteiger partial charge in [-0.05, 0) is 6.07 Å². The van der Waals surface area contributed by atoms with Crippen LogP contribution in [-0.2, 0) is 0 Å². The third kappa shape index (κ3) is 1.63. The molecule has 0 aliphatic rings. The number of aliphatic imine (C=N–C) groups is 1. The van der Waals surface area contributed by atoms with Gasteiger partial charge >= 0.3 is 11.7 Å². The van der Waals surface area contributed by atoms with Crippen LogP contribution in [-0.4, -0.2) is 15.9 Å². The largest absolute Gasteiger partial charge is 0.414 e. The minimum absolute atomic E-state index is 0.0486. The minimum Gasteiger partial charge on any atom is -0.414 e. The molecule has 0 saturated heterocycles. The van der Waals surface area contributed by atoms with Gasteiger partial charge < -0.3 is 15.9 Å². The van der Waals surface area contributed by atoms with Crippen LogP contribution in [0.4, 0.5) is 11.7 Å². The van der Waals surface area contributed by atoms with Gasteiger partial charge in [-0.1, -0.05) is 6.07 Å². The number of oxazole rings is 1. The van der Waals surface area contributed by atoms with Crippen LogP contribution in [0.5, 0.6) is 0 Å². The Balaban J connectivity index is 2.66. The summed E-state index contributed by atoms with van der Waals surface area (Å²) in [5.74, 6) is -0.228. The van der Waals surface area contributed by atoms with Crippen molar-refractivity contribution in [1.82, 2.24) is 4.98 Å². The molecule has 8 heteroatoms. The molecule has 2 aromatic rings. The summed E-state index contributed by atoms with van der Waals surface area (Å²) in [6, 6.07) is 4.27. The quantitative estimate of drug-likeness (QED) is 0.330. The molecule has 82 valence electrons. The summed E-state index contributed by atoms with van der Waals surface area (Å²) in [7, 11) is 0. The van der Waals surface area contributed by atoms with E-state index in [-0.39, 0.29) is 23.2 Å². The van der Waals surface area contributed by atoms with Crippen LogP contribution < -0.4 is 11.5 Å². The predicted molar refractivity (Wildman–Crippen MR) is 56.1 cm³/mol. The van der Waals surface area contributed by atoms with Crippen LogP contribution in [0.15, 0.2) is 27.6 Å². The smallest absolute Gasteiger partial charge is 0.326 e. The first-order valence-corrected chi connectivity index (χ1v) is 4.21. The van der Waals surface area contributed by atoms with Crippen molar-refractivity contribution in [2.75, 3.05) is 0 Å². The molecule has 0 saturated carbocycles. The molecular formula is C8H7N5O3. The number of hydrogen-bond donors (Lipinski definition) is 2. The number of hydrogen-bond acceptors (Lipinski definition) is 5. The van der Waals surface area contributed by atoms with E-state index in [1.165, 1.54) is 12.1 Å². The lowest BCUT2D eigenvalue weighted by Crippen LogP contribution is -2.21. The predicted octanol–water partition coefficient (Wildman–Crippen LogP) is 0.641. The number of benzene rings is 1. The number of guanidine groups is 1. The Bertz CT molecular complexity index is 584. The molecule has 0 aliphatic heterocycles. The van der Waals surface area contributed by atoms with E-state index in [1.807, 2.05) is 0 Å². The van der Waals surface area contributed by atoms with E-state index in [4.69, 9.17) is 15.9 Å². The first-order chi connectivity index (χ1) is 7.58. The highest BCUT2D eigenvalue weighted by Crippen LogP contribution is 2.28. The van der Waals surface area contributed by atoms with Gasteiger partial charge in [0.2, 0.25) is 5.58 Å². The number of nitrogens with zero attached hydrogens (tertiary/aromatic N) is 3. The number of rotatable bonds is 2. The van der Waals surface area contributed by atoms with Gasteiger partial charge in [-0.15, -0.1) is 0 Å². The second-order valence-corrected chi connectivity index (χ2v) is 2.92. The number of para-hydroxylation sites is 1. The van der Waals surface area contributed by atoms with Crippen LogP contribution in [0, 0.1) is 10.1 Å². The Labute approximate surface area is 88.7 Å². The summed E-state index contributed by atoms with van der Waals surface area (Å²) >= 11 is 0. The summed E-state index contributed by atoms with van der Waals surface area (Å²) in [5.41, 5.74) is 10.5. The van der Waals surface area contributed by atoms with Crippen LogP contribution >= 0.6 is 0 Å². The van der Waals surface area contributed by atoms with Crippen molar-refractivity contribution >= 4 is 28.8 Å². The average molecular weight is 221 g/mol. The molecule has 0 amide bonds. The second kappa shape index (κ2) is 3.50. The lowest BCUT2D eigenvalue weighted by molar-refractivity contribution is -0.383. The molecule has 2 rings (SSSR count). The zero-order valence-electron chi connectivity index (χ0n) is 7.95. The second-order valence-electron chi connectivity index (χ2n) is 2.92. The Hall–Kier alpha value is -2.64. The van der Waals surface area contributed by atoms with E-state index < -0.39 is 4.92 Å². The summed E-state index contributed by atoms with van der Waals surface area (Å²) < 4.78 is 5.07. The van der Waals surface area contributed by atoms with Gasteiger partial charge in [0.15, 0.2) is 5.96 Å². The Morgan fingerprint density at radius 3 is 2.88 bits per heavy atom. The maximum atomic E-state index is 10.7. The van der Waals surface area contributed by atoms with Crippen LogP contribution in [0.3, 0.4) is 0 Å². The number of nitro benzene ring substituents is 1. The average Bonchev–Trinajstić information content (AvgIpc) is 2.57. The molecule has 1 aromatic carbocycles. The SMILES string of the molecule is NC(N)=Nc1nc2cccc([N+](=O)[O-])c2o1. The molecule has 0 unspecified atom stereocenters. The monoisotopic (exact) mass is 221 g/mol. The molecule has 0 atom stereocenters. The van der Waals surface area contributed by atoms with Crippen molar-refractivity contribution in [2.24, 2.45) is 16.5 Å². The zero-order chi connectivity index (χ0) is 11.7. The topological polar surface area (TPSA) is 134 Å². The van der Waals surface area contributed by atoms with Crippen molar-refractivity contribution in [1.29, 1.82) is 0 Å². The molecule has 0 bridgehead atoms. The molecule has 4 N–H and O–H groups in total. The van der Waals surface area contributed by atoms with Crippen LogP contribution in [0.2, 0.25) is 0 Å². The molecule has 0 fully saturated rings. The molecule has 0 radical (unpaired) electrons. The fourth-order valence-electron chi connectivity index (χ4n) is 1.22. The number of nitrogens with two attached hydrogens (primary N) is 2. The fourth-order valence-corrected chi connectivity index (χ4v) is 1.22.